The Balaban J connectivity index is 4.34. The molecule has 0 rings (SSSR count). The lowest BCUT2D eigenvalue weighted by Crippen LogP contribution is -2.46. The van der Waals surface area contributed by atoms with Gasteiger partial charge in [-0.05, 0) is 26.3 Å². The molecule has 0 aliphatic carbocycles. The van der Waals surface area contributed by atoms with Crippen molar-refractivity contribution < 1.29 is 8.42 Å². The third-order valence-electron chi connectivity index (χ3n) is 1.91. The summed E-state index contributed by atoms with van der Waals surface area (Å²) in [6.45, 7) is 4.29. The molecule has 0 spiro atoms. The SMILES string of the molecule is CCC(C)(CCN)NS(C)(=O)=O. The largest absolute Gasteiger partial charge is 0.330 e. The van der Waals surface area contributed by atoms with Gasteiger partial charge in [0.15, 0.2) is 0 Å². The number of rotatable bonds is 5. The Hall–Kier alpha value is -0.130. The molecule has 12 heavy (non-hydrogen) atoms. The smallest absolute Gasteiger partial charge is 0.209 e. The van der Waals surface area contributed by atoms with E-state index in [0.29, 0.717) is 13.0 Å². The van der Waals surface area contributed by atoms with Crippen molar-refractivity contribution >= 4 is 10.0 Å². The molecule has 4 nitrogen and oxygen atoms in total. The molecule has 0 aromatic carbocycles. The van der Waals surface area contributed by atoms with E-state index >= 15 is 0 Å². The first kappa shape index (κ1) is 11.9. The highest BCUT2D eigenvalue weighted by molar-refractivity contribution is 7.88. The molecule has 0 saturated heterocycles. The Morgan fingerprint density at radius 1 is 1.50 bits per heavy atom. The minimum Gasteiger partial charge on any atom is -0.330 e. The van der Waals surface area contributed by atoms with E-state index in [2.05, 4.69) is 4.72 Å². The third kappa shape index (κ3) is 4.69. The van der Waals surface area contributed by atoms with E-state index < -0.39 is 10.0 Å². The van der Waals surface area contributed by atoms with E-state index in [9.17, 15) is 8.42 Å². The van der Waals surface area contributed by atoms with E-state index in [4.69, 9.17) is 5.73 Å². The average Bonchev–Trinajstić information content (AvgIpc) is 1.84. The maximum Gasteiger partial charge on any atom is 0.209 e. The fourth-order valence-electron chi connectivity index (χ4n) is 1.07. The highest BCUT2D eigenvalue weighted by atomic mass is 32.2. The fourth-order valence-corrected chi connectivity index (χ4v) is 2.21. The lowest BCUT2D eigenvalue weighted by Gasteiger charge is -2.27. The molecule has 0 aliphatic rings. The van der Waals surface area contributed by atoms with E-state index in [-0.39, 0.29) is 5.54 Å². The summed E-state index contributed by atoms with van der Waals surface area (Å²) >= 11 is 0. The lowest BCUT2D eigenvalue weighted by atomic mass is 9.96. The minimum atomic E-state index is -3.12. The topological polar surface area (TPSA) is 72.2 Å². The molecule has 5 heteroatoms. The molecule has 0 bridgehead atoms. The van der Waals surface area contributed by atoms with Gasteiger partial charge in [-0.2, -0.15) is 0 Å². The molecule has 0 fully saturated rings. The summed E-state index contributed by atoms with van der Waals surface area (Å²) in [5.74, 6) is 0. The molecule has 0 heterocycles. The van der Waals surface area contributed by atoms with Crippen LogP contribution in [0.25, 0.3) is 0 Å². The molecule has 0 amide bonds. The van der Waals surface area contributed by atoms with Crippen molar-refractivity contribution in [2.75, 3.05) is 12.8 Å². The molecule has 74 valence electrons. The Morgan fingerprint density at radius 3 is 2.25 bits per heavy atom. The number of hydrogen-bond donors (Lipinski definition) is 2. The first-order chi connectivity index (χ1) is 5.33. The third-order valence-corrected chi connectivity index (χ3v) is 2.77. The Bertz CT molecular complexity index is 226. The molecule has 0 aromatic rings. The fraction of sp³-hybridized carbons (Fsp3) is 1.00. The monoisotopic (exact) mass is 194 g/mol. The minimum absolute atomic E-state index is 0.387. The van der Waals surface area contributed by atoms with E-state index in [1.807, 2.05) is 13.8 Å². The van der Waals surface area contributed by atoms with Gasteiger partial charge in [-0.25, -0.2) is 13.1 Å². The second-order valence-electron chi connectivity index (χ2n) is 3.33. The van der Waals surface area contributed by atoms with Crippen LogP contribution >= 0.6 is 0 Å². The normalized spacial score (nSPS) is 17.3. The van der Waals surface area contributed by atoms with Crippen LogP contribution in [0, 0.1) is 0 Å². The van der Waals surface area contributed by atoms with Gasteiger partial charge in [0.05, 0.1) is 6.26 Å². The maximum atomic E-state index is 10.9. The van der Waals surface area contributed by atoms with Crippen molar-refractivity contribution in [3.8, 4) is 0 Å². The molecule has 0 aliphatic heterocycles. The van der Waals surface area contributed by atoms with Crippen molar-refractivity contribution in [3.05, 3.63) is 0 Å². The summed E-state index contributed by atoms with van der Waals surface area (Å²) in [5.41, 5.74) is 4.99. The van der Waals surface area contributed by atoms with Crippen LogP contribution in [-0.4, -0.2) is 26.8 Å². The van der Waals surface area contributed by atoms with Crippen LogP contribution in [0.4, 0.5) is 0 Å². The van der Waals surface area contributed by atoms with Crippen LogP contribution in [0.5, 0.6) is 0 Å². The Kier molecular flexibility index (Phi) is 4.16. The van der Waals surface area contributed by atoms with Gasteiger partial charge in [-0.15, -0.1) is 0 Å². The zero-order chi connectivity index (χ0) is 9.83. The lowest BCUT2D eigenvalue weighted by molar-refractivity contribution is 0.380. The summed E-state index contributed by atoms with van der Waals surface area (Å²) in [6.07, 6.45) is 2.57. The van der Waals surface area contributed by atoms with Gasteiger partial charge < -0.3 is 5.73 Å². The standard InChI is InChI=1S/C7H18N2O2S/c1-4-7(2,5-6-8)9-12(3,10)11/h9H,4-6,8H2,1-3H3. The van der Waals surface area contributed by atoms with Crippen molar-refractivity contribution in [2.45, 2.75) is 32.2 Å². The van der Waals surface area contributed by atoms with Crippen LogP contribution in [0.2, 0.25) is 0 Å². The van der Waals surface area contributed by atoms with E-state index in [0.717, 1.165) is 12.7 Å². The number of sulfonamides is 1. The second-order valence-corrected chi connectivity index (χ2v) is 5.08. The van der Waals surface area contributed by atoms with Crippen LogP contribution in [0.15, 0.2) is 0 Å². The molecule has 0 aromatic heterocycles. The number of hydrogen-bond acceptors (Lipinski definition) is 3. The van der Waals surface area contributed by atoms with Crippen molar-refractivity contribution in [3.63, 3.8) is 0 Å². The summed E-state index contributed by atoms with van der Waals surface area (Å²) < 4.78 is 24.4. The maximum absolute atomic E-state index is 10.9. The molecular formula is C7H18N2O2S. The first-order valence-corrected chi connectivity index (χ1v) is 5.91. The Labute approximate surface area is 74.6 Å². The van der Waals surface area contributed by atoms with Crippen LogP contribution in [0.1, 0.15) is 26.7 Å². The van der Waals surface area contributed by atoms with Crippen molar-refractivity contribution in [1.29, 1.82) is 0 Å². The number of nitrogens with one attached hydrogen (secondary N) is 1. The van der Waals surface area contributed by atoms with E-state index in [1.54, 1.807) is 0 Å². The van der Waals surface area contributed by atoms with Gasteiger partial charge in [0.2, 0.25) is 10.0 Å². The molecular weight excluding hydrogens is 176 g/mol. The predicted octanol–water partition coefficient (Wildman–Crippen LogP) is 0.0531. The summed E-state index contributed by atoms with van der Waals surface area (Å²) in [4.78, 5) is 0. The van der Waals surface area contributed by atoms with Gasteiger partial charge in [-0.1, -0.05) is 6.92 Å². The highest BCUT2D eigenvalue weighted by Gasteiger charge is 2.24. The van der Waals surface area contributed by atoms with Gasteiger partial charge in [-0.3, -0.25) is 0 Å². The van der Waals surface area contributed by atoms with Gasteiger partial charge in [0.1, 0.15) is 0 Å². The average molecular weight is 194 g/mol. The summed E-state index contributed by atoms with van der Waals surface area (Å²) in [6, 6.07) is 0. The molecule has 1 unspecified atom stereocenters. The van der Waals surface area contributed by atoms with Gasteiger partial charge in [0.25, 0.3) is 0 Å². The van der Waals surface area contributed by atoms with Crippen molar-refractivity contribution in [2.24, 2.45) is 5.73 Å². The molecule has 0 radical (unpaired) electrons. The summed E-state index contributed by atoms with van der Waals surface area (Å²) in [5, 5.41) is 0. The highest BCUT2D eigenvalue weighted by Crippen LogP contribution is 2.13. The summed E-state index contributed by atoms with van der Waals surface area (Å²) in [7, 11) is -3.12. The quantitative estimate of drug-likeness (QED) is 0.649. The van der Waals surface area contributed by atoms with E-state index in [1.165, 1.54) is 0 Å². The predicted molar refractivity (Wildman–Crippen MR) is 50.3 cm³/mol. The molecule has 3 N–H and O–H groups in total. The van der Waals surface area contributed by atoms with Gasteiger partial charge >= 0.3 is 0 Å². The molecule has 0 saturated carbocycles. The zero-order valence-corrected chi connectivity index (χ0v) is 8.74. The van der Waals surface area contributed by atoms with Crippen LogP contribution in [-0.2, 0) is 10.0 Å². The van der Waals surface area contributed by atoms with Crippen LogP contribution < -0.4 is 10.5 Å². The van der Waals surface area contributed by atoms with Gasteiger partial charge in [0, 0.05) is 5.54 Å². The Morgan fingerprint density at radius 2 is 2.00 bits per heavy atom. The van der Waals surface area contributed by atoms with Crippen LogP contribution in [0.3, 0.4) is 0 Å². The van der Waals surface area contributed by atoms with Crippen molar-refractivity contribution in [1.82, 2.24) is 4.72 Å². The first-order valence-electron chi connectivity index (χ1n) is 4.02. The molecule has 1 atom stereocenters. The zero-order valence-electron chi connectivity index (χ0n) is 7.92. The second kappa shape index (κ2) is 4.20. The number of nitrogens with two attached hydrogens (primary N) is 1.